The minimum absolute atomic E-state index is 1.25. The van der Waals surface area contributed by atoms with E-state index in [4.69, 9.17) is 0 Å². The van der Waals surface area contributed by atoms with Gasteiger partial charge in [-0.15, -0.1) is 0 Å². The van der Waals surface area contributed by atoms with Gasteiger partial charge in [-0.2, -0.15) is 0 Å². The molecule has 0 heterocycles. The molecule has 224 valence electrons. The smallest absolute Gasteiger partial charge is 0.0103 e. The molecule has 6 rings (SSSR count). The Balaban J connectivity index is 0.000000204. The van der Waals surface area contributed by atoms with Crippen LogP contribution in [-0.2, 0) is 0 Å². The fourth-order valence-corrected chi connectivity index (χ4v) is 4.85. The topological polar surface area (TPSA) is 0 Å². The first-order valence-electron chi connectivity index (χ1n) is 16.0. The Morgan fingerprint density at radius 2 is 0.659 bits per heavy atom. The van der Waals surface area contributed by atoms with Crippen LogP contribution in [0.2, 0.25) is 0 Å². The van der Waals surface area contributed by atoms with Crippen LogP contribution in [0.3, 0.4) is 0 Å². The van der Waals surface area contributed by atoms with E-state index in [1.54, 1.807) is 0 Å². The van der Waals surface area contributed by atoms with Crippen molar-refractivity contribution >= 4 is 0 Å². The highest BCUT2D eigenvalue weighted by atomic mass is 14.1. The summed E-state index contributed by atoms with van der Waals surface area (Å²) in [5.74, 6) is 0. The minimum Gasteiger partial charge on any atom is -0.0656 e. The Morgan fingerprint density at radius 3 is 1.11 bits per heavy atom. The van der Waals surface area contributed by atoms with Gasteiger partial charge in [-0.25, -0.2) is 0 Å². The molecule has 0 heteroatoms. The SMILES string of the molecule is CCC.CCC.Cc1ccc(-c2ccccc2)c(-c2ccccc2)c1.Cc1ccccc1-c1ccccc1-c1ccccc1. The summed E-state index contributed by atoms with van der Waals surface area (Å²) in [4.78, 5) is 0. The Morgan fingerprint density at radius 1 is 0.318 bits per heavy atom. The van der Waals surface area contributed by atoms with Crippen molar-refractivity contribution in [2.75, 3.05) is 0 Å². The van der Waals surface area contributed by atoms with Crippen LogP contribution < -0.4 is 0 Å². The summed E-state index contributed by atoms with van der Waals surface area (Å²) < 4.78 is 0. The first-order valence-corrected chi connectivity index (χ1v) is 16.0. The van der Waals surface area contributed by atoms with Crippen LogP contribution in [-0.4, -0.2) is 0 Å². The highest BCUT2D eigenvalue weighted by Gasteiger charge is 2.08. The summed E-state index contributed by atoms with van der Waals surface area (Å²) >= 11 is 0. The highest BCUT2D eigenvalue weighted by molar-refractivity contribution is 5.85. The monoisotopic (exact) mass is 576 g/mol. The molecule has 0 radical (unpaired) electrons. The van der Waals surface area contributed by atoms with E-state index in [-0.39, 0.29) is 0 Å². The van der Waals surface area contributed by atoms with Crippen molar-refractivity contribution in [3.05, 3.63) is 169 Å². The van der Waals surface area contributed by atoms with Gasteiger partial charge in [-0.1, -0.05) is 204 Å². The lowest BCUT2D eigenvalue weighted by molar-refractivity contribution is 1.09. The van der Waals surface area contributed by atoms with E-state index in [0.29, 0.717) is 0 Å². The summed E-state index contributed by atoms with van der Waals surface area (Å²) in [6, 6.07) is 55.5. The van der Waals surface area contributed by atoms with Crippen LogP contribution in [0.5, 0.6) is 0 Å². The second-order valence-corrected chi connectivity index (χ2v) is 10.9. The molecule has 0 nitrogen and oxygen atoms in total. The molecular weight excluding hydrogens is 528 g/mol. The molecule has 0 aliphatic carbocycles. The molecule has 0 spiro atoms. The normalized spacial score (nSPS) is 9.77. The third kappa shape index (κ3) is 9.96. The summed E-state index contributed by atoms with van der Waals surface area (Å²) in [6.07, 6.45) is 2.50. The first-order chi connectivity index (χ1) is 21.5. The number of rotatable bonds is 4. The third-order valence-electron chi connectivity index (χ3n) is 6.79. The number of hydrogen-bond donors (Lipinski definition) is 0. The highest BCUT2D eigenvalue weighted by Crippen LogP contribution is 2.34. The summed E-state index contributed by atoms with van der Waals surface area (Å²) in [5, 5.41) is 0. The Labute approximate surface area is 267 Å². The largest absolute Gasteiger partial charge is 0.0656 e. The fraction of sp³-hybridized carbons (Fsp3) is 0.182. The Bertz CT molecular complexity index is 1630. The van der Waals surface area contributed by atoms with Crippen molar-refractivity contribution in [3.8, 4) is 44.5 Å². The predicted octanol–water partition coefficient (Wildman–Crippen LogP) is 13.5. The van der Waals surface area contributed by atoms with Gasteiger partial charge in [0.05, 0.1) is 0 Å². The Hall–Kier alpha value is -4.68. The van der Waals surface area contributed by atoms with Crippen molar-refractivity contribution in [1.29, 1.82) is 0 Å². The van der Waals surface area contributed by atoms with Gasteiger partial charge in [0.25, 0.3) is 0 Å². The molecule has 0 aliphatic rings. The molecule has 0 aliphatic heterocycles. The van der Waals surface area contributed by atoms with Crippen LogP contribution in [0, 0.1) is 13.8 Å². The molecule has 0 amide bonds. The average Bonchev–Trinajstić information content (AvgIpc) is 3.07. The van der Waals surface area contributed by atoms with Gasteiger partial charge >= 0.3 is 0 Å². The van der Waals surface area contributed by atoms with Gasteiger partial charge < -0.3 is 0 Å². The lowest BCUT2D eigenvalue weighted by atomic mass is 9.92. The van der Waals surface area contributed by atoms with E-state index in [9.17, 15) is 0 Å². The lowest BCUT2D eigenvalue weighted by Gasteiger charge is -2.12. The molecule has 0 atom stereocenters. The first kappa shape index (κ1) is 33.8. The van der Waals surface area contributed by atoms with Crippen LogP contribution in [0.1, 0.15) is 51.7 Å². The molecule has 0 saturated carbocycles. The maximum atomic E-state index is 2.26. The van der Waals surface area contributed by atoms with Crippen LogP contribution in [0.15, 0.2) is 158 Å². The lowest BCUT2D eigenvalue weighted by Crippen LogP contribution is -1.87. The molecule has 0 N–H and O–H groups in total. The van der Waals surface area contributed by atoms with Crippen molar-refractivity contribution in [2.24, 2.45) is 0 Å². The molecule has 0 bridgehead atoms. The quantitative estimate of drug-likeness (QED) is 0.196. The van der Waals surface area contributed by atoms with Gasteiger partial charge in [0.2, 0.25) is 0 Å². The number of hydrogen-bond acceptors (Lipinski definition) is 0. The van der Waals surface area contributed by atoms with E-state index >= 15 is 0 Å². The Kier molecular flexibility index (Phi) is 14.4. The van der Waals surface area contributed by atoms with Crippen LogP contribution >= 0.6 is 0 Å². The molecular formula is C44H48. The van der Waals surface area contributed by atoms with Gasteiger partial charge in [0.15, 0.2) is 0 Å². The van der Waals surface area contributed by atoms with E-state index in [1.807, 2.05) is 0 Å². The van der Waals surface area contributed by atoms with Gasteiger partial charge in [0.1, 0.15) is 0 Å². The predicted molar refractivity (Wildman–Crippen MR) is 196 cm³/mol. The summed E-state index contributed by atoms with van der Waals surface area (Å²) in [7, 11) is 0. The van der Waals surface area contributed by atoms with Gasteiger partial charge in [-0.3, -0.25) is 0 Å². The third-order valence-corrected chi connectivity index (χ3v) is 6.79. The second kappa shape index (κ2) is 18.8. The van der Waals surface area contributed by atoms with Crippen molar-refractivity contribution in [2.45, 2.75) is 54.4 Å². The molecule has 6 aromatic carbocycles. The summed E-state index contributed by atoms with van der Waals surface area (Å²) in [6.45, 7) is 12.8. The molecule has 0 aromatic heterocycles. The maximum absolute atomic E-state index is 2.26. The van der Waals surface area contributed by atoms with Crippen molar-refractivity contribution < 1.29 is 0 Å². The van der Waals surface area contributed by atoms with Crippen molar-refractivity contribution in [1.82, 2.24) is 0 Å². The average molecular weight is 577 g/mol. The van der Waals surface area contributed by atoms with Gasteiger partial charge in [-0.05, 0) is 63.9 Å². The summed E-state index contributed by atoms with van der Waals surface area (Å²) in [5.41, 5.74) is 12.9. The van der Waals surface area contributed by atoms with Crippen LogP contribution in [0.25, 0.3) is 44.5 Å². The van der Waals surface area contributed by atoms with E-state index < -0.39 is 0 Å². The minimum atomic E-state index is 1.25. The van der Waals surface area contributed by atoms with E-state index in [2.05, 4.69) is 199 Å². The standard InChI is InChI=1S/2C19H16.2C3H8/c1-15-12-13-18(16-8-4-2-5-9-16)19(14-15)17-10-6-3-7-11-17;1-15-9-5-6-12-17(15)19-14-8-7-13-18(19)16-10-3-2-4-11-16;2*1-3-2/h2*2-14H,1H3;2*3H2,1-2H3. The van der Waals surface area contributed by atoms with Gasteiger partial charge in [0, 0.05) is 0 Å². The molecule has 0 fully saturated rings. The number of aryl methyl sites for hydroxylation is 2. The molecule has 0 unspecified atom stereocenters. The molecule has 44 heavy (non-hydrogen) atoms. The zero-order valence-electron chi connectivity index (χ0n) is 27.4. The zero-order chi connectivity index (χ0) is 31.6. The van der Waals surface area contributed by atoms with Crippen molar-refractivity contribution in [3.63, 3.8) is 0 Å². The zero-order valence-corrected chi connectivity index (χ0v) is 27.4. The van der Waals surface area contributed by atoms with Crippen LogP contribution in [0.4, 0.5) is 0 Å². The molecule has 6 aromatic rings. The maximum Gasteiger partial charge on any atom is -0.0103 e. The van der Waals surface area contributed by atoms with E-state index in [0.717, 1.165) is 0 Å². The molecule has 0 saturated heterocycles. The fourth-order valence-electron chi connectivity index (χ4n) is 4.85. The number of benzene rings is 6. The second-order valence-electron chi connectivity index (χ2n) is 10.9. The van der Waals surface area contributed by atoms with E-state index in [1.165, 1.54) is 68.5 Å².